The van der Waals surface area contributed by atoms with E-state index in [1.165, 1.54) is 103 Å². The molecular formula is C83H140O17P2. The first-order valence-electron chi connectivity index (χ1n) is 39.4. The fourth-order valence-corrected chi connectivity index (χ4v) is 11.8. The summed E-state index contributed by atoms with van der Waals surface area (Å²) in [4.78, 5) is 72.9. The molecule has 0 fully saturated rings. The highest BCUT2D eigenvalue weighted by atomic mass is 31.2. The lowest BCUT2D eigenvalue weighted by molar-refractivity contribution is -0.161. The van der Waals surface area contributed by atoms with Crippen molar-refractivity contribution in [3.8, 4) is 0 Å². The Morgan fingerprint density at radius 2 is 0.529 bits per heavy atom. The van der Waals surface area contributed by atoms with Crippen LogP contribution in [0.3, 0.4) is 0 Å². The van der Waals surface area contributed by atoms with Crippen LogP contribution in [0.2, 0.25) is 0 Å². The van der Waals surface area contributed by atoms with E-state index in [1.54, 1.807) is 0 Å². The van der Waals surface area contributed by atoms with Crippen LogP contribution in [0.5, 0.6) is 0 Å². The first-order chi connectivity index (χ1) is 49.7. The predicted octanol–water partition coefficient (Wildman–Crippen LogP) is 22.9. The van der Waals surface area contributed by atoms with Gasteiger partial charge in [-0.15, -0.1) is 0 Å². The van der Waals surface area contributed by atoms with E-state index < -0.39 is 97.5 Å². The number of phosphoric ester groups is 2. The van der Waals surface area contributed by atoms with E-state index >= 15 is 0 Å². The Morgan fingerprint density at radius 1 is 0.284 bits per heavy atom. The van der Waals surface area contributed by atoms with Crippen LogP contribution in [-0.2, 0) is 65.4 Å². The third-order valence-electron chi connectivity index (χ3n) is 16.2. The highest BCUT2D eigenvalue weighted by Crippen LogP contribution is 2.45. The summed E-state index contributed by atoms with van der Waals surface area (Å²) in [5.74, 6) is -2.33. The number of hydrogen-bond acceptors (Lipinski definition) is 15. The molecule has 0 heterocycles. The molecule has 17 nitrogen and oxygen atoms in total. The molecule has 0 aliphatic heterocycles. The summed E-state index contributed by atoms with van der Waals surface area (Å²) < 4.78 is 68.4. The highest BCUT2D eigenvalue weighted by molar-refractivity contribution is 7.47. The number of carbonyl (C=O) groups is 4. The zero-order chi connectivity index (χ0) is 74.6. The molecule has 0 bridgehead atoms. The van der Waals surface area contributed by atoms with Gasteiger partial charge in [0.05, 0.1) is 26.4 Å². The number of allylic oxidation sites excluding steroid dienone is 22. The smallest absolute Gasteiger partial charge is 0.462 e. The Bertz CT molecular complexity index is 2460. The maximum Gasteiger partial charge on any atom is 0.472 e. The van der Waals surface area contributed by atoms with Crippen LogP contribution < -0.4 is 0 Å². The molecule has 0 rings (SSSR count). The first kappa shape index (κ1) is 97.2. The molecule has 19 heteroatoms. The maximum absolute atomic E-state index is 13.1. The van der Waals surface area contributed by atoms with Crippen LogP contribution in [-0.4, -0.2) is 96.7 Å². The summed E-state index contributed by atoms with van der Waals surface area (Å²) in [6.07, 6.45) is 83.2. The molecule has 5 unspecified atom stereocenters. The molecule has 584 valence electrons. The molecule has 5 atom stereocenters. The largest absolute Gasteiger partial charge is 0.472 e. The third kappa shape index (κ3) is 73.5. The second-order valence-electron chi connectivity index (χ2n) is 25.9. The van der Waals surface area contributed by atoms with Gasteiger partial charge in [-0.1, -0.05) is 315 Å². The summed E-state index contributed by atoms with van der Waals surface area (Å²) in [5, 5.41) is 10.6. The van der Waals surface area contributed by atoms with Crippen molar-refractivity contribution < 1.29 is 80.2 Å². The van der Waals surface area contributed by atoms with Crippen LogP contribution >= 0.6 is 15.6 Å². The van der Waals surface area contributed by atoms with Gasteiger partial charge >= 0.3 is 39.5 Å². The Hall–Kier alpha value is -4.80. The standard InChI is InChI=1S/C83H140O17P2/c1-5-9-13-17-21-25-29-33-35-37-38-40-42-46-48-52-56-60-64-68-81(86)94-74-79(100-83(88)70-66-62-58-54-50-44-32-28-24-20-16-12-8-4)76-98-102(91,92)96-72-77(84)71-95-101(89,90)97-75-78(99-82(87)69-65-61-57-53-49-43-31-27-23-19-15-11-7-3)73-93-80(85)67-63-59-55-51-47-45-41-39-36-34-30-26-22-18-14-10-6-2/h9-10,13-14,21-22,25-26,33-36,38,40-41,45-46,48,51,55-56,60,77-79,84H,5-8,11-12,15-20,23-24,27-32,37,39,42-44,47,49-50,52-54,57-59,61-76H2,1-4H3,(H,89,90)(H,91,92)/b13-9-,14-10-,25-21-,26-22-,35-33-,36-34-,40-38-,45-41-,48-46-,55-51-,60-56-. The van der Waals surface area contributed by atoms with Crippen molar-refractivity contribution in [2.45, 2.75) is 329 Å². The van der Waals surface area contributed by atoms with E-state index in [4.69, 9.17) is 37.0 Å². The summed E-state index contributed by atoms with van der Waals surface area (Å²) in [6, 6.07) is 0. The first-order valence-corrected chi connectivity index (χ1v) is 42.4. The minimum absolute atomic E-state index is 0.0347. The highest BCUT2D eigenvalue weighted by Gasteiger charge is 2.30. The predicted molar refractivity (Wildman–Crippen MR) is 418 cm³/mol. The Labute approximate surface area is 618 Å². The fraction of sp³-hybridized carbons (Fsp3) is 0.687. The number of phosphoric acid groups is 2. The van der Waals surface area contributed by atoms with Gasteiger partial charge in [-0.2, -0.15) is 0 Å². The normalized spacial score (nSPS) is 14.6. The van der Waals surface area contributed by atoms with Gasteiger partial charge < -0.3 is 33.8 Å². The Balaban J connectivity index is 5.43. The van der Waals surface area contributed by atoms with Crippen LogP contribution in [0.15, 0.2) is 134 Å². The van der Waals surface area contributed by atoms with Gasteiger partial charge in [0.25, 0.3) is 0 Å². The monoisotopic (exact) mass is 1470 g/mol. The molecule has 0 saturated heterocycles. The number of unbranched alkanes of at least 4 members (excludes halogenated alkanes) is 25. The van der Waals surface area contributed by atoms with E-state index in [-0.39, 0.29) is 25.7 Å². The molecule has 102 heavy (non-hydrogen) atoms. The van der Waals surface area contributed by atoms with Crippen LogP contribution in [0.25, 0.3) is 0 Å². The number of hydrogen-bond donors (Lipinski definition) is 3. The molecule has 0 aliphatic rings. The van der Waals surface area contributed by atoms with E-state index in [0.717, 1.165) is 116 Å². The SMILES string of the molecule is CC/C=C\C/C=C\C/C=C\C/C=C\C/C=C\C/C=C\CCC(=O)OCC(COP(=O)(O)OCC(O)COP(=O)(O)OCC(COC(=O)CCC/C=C\C/C=C\C/C=C\C/C=C\C/C=C\CC)OC(=O)CCCCCCCCCCCCCCC)OC(=O)CCCCCCCCCCCCCCC. The van der Waals surface area contributed by atoms with Crippen molar-refractivity contribution in [1.82, 2.24) is 0 Å². The molecule has 0 spiro atoms. The zero-order valence-electron chi connectivity index (χ0n) is 63.7. The summed E-state index contributed by atoms with van der Waals surface area (Å²) in [7, 11) is -9.99. The van der Waals surface area contributed by atoms with Crippen molar-refractivity contribution in [2.75, 3.05) is 39.6 Å². The lowest BCUT2D eigenvalue weighted by atomic mass is 10.0. The number of aliphatic hydroxyl groups is 1. The van der Waals surface area contributed by atoms with Gasteiger partial charge in [-0.3, -0.25) is 37.3 Å². The van der Waals surface area contributed by atoms with E-state index in [9.17, 15) is 43.2 Å². The average Bonchev–Trinajstić information content (AvgIpc) is 0.909. The van der Waals surface area contributed by atoms with Crippen LogP contribution in [0, 0.1) is 0 Å². The van der Waals surface area contributed by atoms with Crippen molar-refractivity contribution in [1.29, 1.82) is 0 Å². The Morgan fingerprint density at radius 3 is 0.833 bits per heavy atom. The summed E-state index contributed by atoms with van der Waals surface area (Å²) >= 11 is 0. The minimum atomic E-state index is -4.99. The number of esters is 4. The third-order valence-corrected chi connectivity index (χ3v) is 18.1. The quantitative estimate of drug-likeness (QED) is 0.0169. The van der Waals surface area contributed by atoms with Gasteiger partial charge in [-0.05, 0) is 103 Å². The van der Waals surface area contributed by atoms with Crippen molar-refractivity contribution in [3.05, 3.63) is 134 Å². The Kier molecular flexibility index (Phi) is 71.0. The number of ether oxygens (including phenoxy) is 4. The van der Waals surface area contributed by atoms with Crippen LogP contribution in [0.1, 0.15) is 310 Å². The second-order valence-corrected chi connectivity index (χ2v) is 28.8. The van der Waals surface area contributed by atoms with Gasteiger partial charge in [-0.25, -0.2) is 9.13 Å². The topological polar surface area (TPSA) is 237 Å². The van der Waals surface area contributed by atoms with Gasteiger partial charge in [0.15, 0.2) is 12.2 Å². The van der Waals surface area contributed by atoms with Gasteiger partial charge in [0.2, 0.25) is 0 Å². The average molecular weight is 1470 g/mol. The molecular weight excluding hydrogens is 1330 g/mol. The minimum Gasteiger partial charge on any atom is -0.462 e. The molecule has 0 radical (unpaired) electrons. The van der Waals surface area contributed by atoms with E-state index in [1.807, 2.05) is 30.4 Å². The molecule has 0 aromatic heterocycles. The molecule has 0 aromatic carbocycles. The summed E-state index contributed by atoms with van der Waals surface area (Å²) in [5.41, 5.74) is 0. The molecule has 0 amide bonds. The molecule has 0 aromatic rings. The summed E-state index contributed by atoms with van der Waals surface area (Å²) in [6.45, 7) is 4.51. The zero-order valence-corrected chi connectivity index (χ0v) is 65.5. The van der Waals surface area contributed by atoms with E-state index in [0.29, 0.717) is 38.5 Å². The van der Waals surface area contributed by atoms with Crippen LogP contribution in [0.4, 0.5) is 0 Å². The number of carbonyl (C=O) groups excluding carboxylic acids is 4. The fourth-order valence-electron chi connectivity index (χ4n) is 10.2. The van der Waals surface area contributed by atoms with Crippen molar-refractivity contribution in [3.63, 3.8) is 0 Å². The second kappa shape index (κ2) is 74.5. The number of rotatable bonds is 73. The molecule has 0 aliphatic carbocycles. The number of aliphatic hydroxyl groups excluding tert-OH is 1. The lowest BCUT2D eigenvalue weighted by Crippen LogP contribution is -2.30. The molecule has 3 N–H and O–H groups in total. The van der Waals surface area contributed by atoms with Crippen molar-refractivity contribution in [2.24, 2.45) is 0 Å². The maximum atomic E-state index is 13.1. The molecule has 0 saturated carbocycles. The van der Waals surface area contributed by atoms with Crippen molar-refractivity contribution >= 4 is 39.5 Å². The van der Waals surface area contributed by atoms with E-state index in [2.05, 4.69) is 131 Å². The van der Waals surface area contributed by atoms with Gasteiger partial charge in [0, 0.05) is 25.7 Å². The lowest BCUT2D eigenvalue weighted by Gasteiger charge is -2.21. The van der Waals surface area contributed by atoms with Gasteiger partial charge in [0.1, 0.15) is 19.3 Å².